The molecule has 6 heteroatoms. The molecule has 2 rings (SSSR count). The van der Waals surface area contributed by atoms with Crippen LogP contribution in [0.2, 0.25) is 0 Å². The molecule has 106 valence electrons. The molecule has 0 aliphatic carbocycles. The van der Waals surface area contributed by atoms with Crippen LogP contribution in [-0.2, 0) is 11.2 Å². The predicted octanol–water partition coefficient (Wildman–Crippen LogP) is 1.94. The van der Waals surface area contributed by atoms with Crippen molar-refractivity contribution < 1.29 is 14.3 Å². The van der Waals surface area contributed by atoms with Gasteiger partial charge in [0.25, 0.3) is 0 Å². The lowest BCUT2D eigenvalue weighted by molar-refractivity contribution is -0.129. The van der Waals surface area contributed by atoms with Crippen LogP contribution in [0.5, 0.6) is 0 Å². The smallest absolute Gasteiger partial charge is 0.228 e. The fourth-order valence-electron chi connectivity index (χ4n) is 1.71. The molecule has 0 fully saturated rings. The van der Waals surface area contributed by atoms with Gasteiger partial charge >= 0.3 is 0 Å². The Morgan fingerprint density at radius 3 is 3.00 bits per heavy atom. The van der Waals surface area contributed by atoms with Crippen molar-refractivity contribution in [1.29, 1.82) is 0 Å². The summed E-state index contributed by atoms with van der Waals surface area (Å²) in [5.41, 5.74) is 1.36. The summed E-state index contributed by atoms with van der Waals surface area (Å²) in [5.74, 6) is -0.409. The summed E-state index contributed by atoms with van der Waals surface area (Å²) < 4.78 is 13.2. The summed E-state index contributed by atoms with van der Waals surface area (Å²) in [6.07, 6.45) is 0.183. The van der Waals surface area contributed by atoms with Gasteiger partial charge in [0, 0.05) is 24.5 Å². The molecule has 0 saturated heterocycles. The van der Waals surface area contributed by atoms with E-state index in [2.05, 4.69) is 4.98 Å². The second kappa shape index (κ2) is 6.58. The molecule has 0 atom stereocenters. The number of aromatic nitrogens is 1. The van der Waals surface area contributed by atoms with Crippen LogP contribution in [-0.4, -0.2) is 41.1 Å². The van der Waals surface area contributed by atoms with Crippen LogP contribution in [0.1, 0.15) is 5.69 Å². The molecular weight excluding hydrogens is 279 g/mol. The molecule has 20 heavy (non-hydrogen) atoms. The van der Waals surface area contributed by atoms with E-state index in [4.69, 9.17) is 5.11 Å². The number of benzene rings is 1. The third-order valence-corrected chi connectivity index (χ3v) is 3.76. The Morgan fingerprint density at radius 2 is 2.30 bits per heavy atom. The van der Waals surface area contributed by atoms with Gasteiger partial charge in [-0.25, -0.2) is 9.37 Å². The normalized spacial score (nSPS) is 10.6. The number of amides is 1. The Kier molecular flexibility index (Phi) is 4.81. The molecule has 0 bridgehead atoms. The molecule has 4 nitrogen and oxygen atoms in total. The molecule has 1 heterocycles. The van der Waals surface area contributed by atoms with Crippen LogP contribution in [0.3, 0.4) is 0 Å². The maximum absolute atomic E-state index is 13.2. The summed E-state index contributed by atoms with van der Waals surface area (Å²) in [6.45, 7) is 0.244. The number of halogens is 1. The molecule has 0 saturated carbocycles. The number of carbonyl (C=O) groups excluding carboxylic acids is 1. The summed E-state index contributed by atoms with van der Waals surface area (Å²) in [4.78, 5) is 17.6. The van der Waals surface area contributed by atoms with Crippen molar-refractivity contribution in [2.45, 2.75) is 6.42 Å². The Balaban J connectivity index is 2.08. The third-order valence-electron chi connectivity index (χ3n) is 2.82. The van der Waals surface area contributed by atoms with Gasteiger partial charge in [-0.3, -0.25) is 4.79 Å². The monoisotopic (exact) mass is 294 g/mol. The molecule has 1 N–H and O–H groups in total. The molecular formula is C14H15FN2O2S. The van der Waals surface area contributed by atoms with E-state index in [9.17, 15) is 9.18 Å². The first-order valence-corrected chi connectivity index (χ1v) is 7.03. The van der Waals surface area contributed by atoms with Gasteiger partial charge < -0.3 is 10.0 Å². The van der Waals surface area contributed by atoms with E-state index >= 15 is 0 Å². The van der Waals surface area contributed by atoms with Crippen LogP contribution < -0.4 is 0 Å². The zero-order valence-electron chi connectivity index (χ0n) is 11.0. The molecule has 0 unspecified atom stereocenters. The zero-order valence-corrected chi connectivity index (χ0v) is 11.9. The molecule has 0 radical (unpaired) electrons. The number of aliphatic hydroxyl groups is 1. The standard InChI is InChI=1S/C14H15FN2O2S/c1-17(5-6-18)13(19)8-12-9-20-14(16-12)10-3-2-4-11(15)7-10/h2-4,7,9,18H,5-6,8H2,1H3. The number of nitrogens with zero attached hydrogens (tertiary/aromatic N) is 2. The van der Waals surface area contributed by atoms with E-state index in [1.807, 2.05) is 0 Å². The van der Waals surface area contributed by atoms with Crippen molar-refractivity contribution in [2.24, 2.45) is 0 Å². The van der Waals surface area contributed by atoms with Crippen molar-refractivity contribution in [2.75, 3.05) is 20.2 Å². The number of aliphatic hydroxyl groups excluding tert-OH is 1. The van der Waals surface area contributed by atoms with Gasteiger partial charge in [0.15, 0.2) is 0 Å². The second-order valence-electron chi connectivity index (χ2n) is 4.37. The van der Waals surface area contributed by atoms with E-state index in [1.54, 1.807) is 24.6 Å². The first kappa shape index (κ1) is 14.6. The van der Waals surface area contributed by atoms with Gasteiger partial charge in [-0.2, -0.15) is 0 Å². The van der Waals surface area contributed by atoms with Crippen molar-refractivity contribution in [3.05, 3.63) is 41.2 Å². The van der Waals surface area contributed by atoms with Crippen LogP contribution in [0, 0.1) is 5.82 Å². The maximum Gasteiger partial charge on any atom is 0.228 e. The lowest BCUT2D eigenvalue weighted by Crippen LogP contribution is -2.30. The van der Waals surface area contributed by atoms with E-state index in [0.717, 1.165) is 0 Å². The van der Waals surface area contributed by atoms with E-state index in [0.29, 0.717) is 22.8 Å². The van der Waals surface area contributed by atoms with Gasteiger partial charge in [0.05, 0.1) is 18.7 Å². The van der Waals surface area contributed by atoms with Crippen molar-refractivity contribution in [3.8, 4) is 10.6 Å². The van der Waals surface area contributed by atoms with Gasteiger partial charge in [0.2, 0.25) is 5.91 Å². The maximum atomic E-state index is 13.2. The van der Waals surface area contributed by atoms with E-state index in [-0.39, 0.29) is 24.8 Å². The SMILES string of the molecule is CN(CCO)C(=O)Cc1csc(-c2cccc(F)c2)n1. The minimum atomic E-state index is -0.307. The zero-order chi connectivity index (χ0) is 14.5. The fourth-order valence-corrected chi connectivity index (χ4v) is 2.52. The number of thiazole rings is 1. The highest BCUT2D eigenvalue weighted by Gasteiger charge is 2.12. The highest BCUT2D eigenvalue weighted by Crippen LogP contribution is 2.24. The lowest BCUT2D eigenvalue weighted by atomic mass is 10.2. The largest absolute Gasteiger partial charge is 0.395 e. The topological polar surface area (TPSA) is 53.4 Å². The highest BCUT2D eigenvalue weighted by molar-refractivity contribution is 7.13. The average molecular weight is 294 g/mol. The minimum absolute atomic E-state index is 0.0617. The summed E-state index contributed by atoms with van der Waals surface area (Å²) in [7, 11) is 1.64. The first-order valence-electron chi connectivity index (χ1n) is 6.15. The van der Waals surface area contributed by atoms with Crippen LogP contribution in [0.4, 0.5) is 4.39 Å². The number of likely N-dealkylation sites (N-methyl/N-ethyl adjacent to an activating group) is 1. The quantitative estimate of drug-likeness (QED) is 0.917. The molecule has 1 amide bonds. The Hall–Kier alpha value is -1.79. The Bertz CT molecular complexity index is 600. The average Bonchev–Trinajstić information content (AvgIpc) is 2.87. The van der Waals surface area contributed by atoms with Gasteiger partial charge in [0.1, 0.15) is 10.8 Å². The molecule has 2 aromatic rings. The summed E-state index contributed by atoms with van der Waals surface area (Å²) >= 11 is 1.38. The van der Waals surface area contributed by atoms with Gasteiger partial charge in [-0.05, 0) is 12.1 Å². The molecule has 0 aliphatic heterocycles. The van der Waals surface area contributed by atoms with Crippen molar-refractivity contribution >= 4 is 17.2 Å². The van der Waals surface area contributed by atoms with Crippen LogP contribution >= 0.6 is 11.3 Å². The molecule has 1 aromatic heterocycles. The fraction of sp³-hybridized carbons (Fsp3) is 0.286. The van der Waals surface area contributed by atoms with Gasteiger partial charge in [-0.1, -0.05) is 12.1 Å². The number of hydrogen-bond acceptors (Lipinski definition) is 4. The number of rotatable bonds is 5. The third kappa shape index (κ3) is 3.61. The summed E-state index contributed by atoms with van der Waals surface area (Å²) in [6, 6.07) is 6.21. The summed E-state index contributed by atoms with van der Waals surface area (Å²) in [5, 5.41) is 11.3. The minimum Gasteiger partial charge on any atom is -0.395 e. The lowest BCUT2D eigenvalue weighted by Gasteiger charge is -2.14. The number of carbonyl (C=O) groups is 1. The predicted molar refractivity (Wildman–Crippen MR) is 75.9 cm³/mol. The first-order chi connectivity index (χ1) is 9.60. The van der Waals surface area contributed by atoms with Gasteiger partial charge in [-0.15, -0.1) is 11.3 Å². The van der Waals surface area contributed by atoms with Crippen LogP contribution in [0.15, 0.2) is 29.6 Å². The van der Waals surface area contributed by atoms with Crippen LogP contribution in [0.25, 0.3) is 10.6 Å². The van der Waals surface area contributed by atoms with Crippen molar-refractivity contribution in [3.63, 3.8) is 0 Å². The van der Waals surface area contributed by atoms with E-state index in [1.165, 1.54) is 28.4 Å². The van der Waals surface area contributed by atoms with E-state index < -0.39 is 0 Å². The highest BCUT2D eigenvalue weighted by atomic mass is 32.1. The van der Waals surface area contributed by atoms with Crippen molar-refractivity contribution in [1.82, 2.24) is 9.88 Å². The number of hydrogen-bond donors (Lipinski definition) is 1. The molecule has 0 aliphatic rings. The molecule has 0 spiro atoms. The Labute approximate surface area is 120 Å². The Morgan fingerprint density at radius 1 is 1.50 bits per heavy atom. The molecule has 1 aromatic carbocycles. The second-order valence-corrected chi connectivity index (χ2v) is 5.23.